The van der Waals surface area contributed by atoms with E-state index in [4.69, 9.17) is 4.74 Å². The van der Waals surface area contributed by atoms with Gasteiger partial charge in [-0.3, -0.25) is 14.0 Å². The number of aromatic nitrogens is 2. The zero-order chi connectivity index (χ0) is 16.8. The Morgan fingerprint density at radius 1 is 1.25 bits per heavy atom. The minimum Gasteiger partial charge on any atom is -0.479 e. The normalized spacial score (nSPS) is 16.8. The lowest BCUT2D eigenvalue weighted by Gasteiger charge is -2.30. The zero-order valence-electron chi connectivity index (χ0n) is 13.3. The van der Waals surface area contributed by atoms with Crippen molar-refractivity contribution < 1.29 is 14.3 Å². The van der Waals surface area contributed by atoms with Crippen LogP contribution >= 0.6 is 0 Å². The number of benzene rings is 1. The molecular formula is C18H15N3O3. The Morgan fingerprint density at radius 2 is 2.08 bits per heavy atom. The molecule has 3 heterocycles. The molecule has 4 rings (SSSR count). The highest BCUT2D eigenvalue weighted by atomic mass is 16.5. The average Bonchev–Trinajstić information content (AvgIpc) is 2.98. The fourth-order valence-corrected chi connectivity index (χ4v) is 3.00. The van der Waals surface area contributed by atoms with Crippen molar-refractivity contribution in [1.82, 2.24) is 9.38 Å². The van der Waals surface area contributed by atoms with E-state index in [-0.39, 0.29) is 5.91 Å². The van der Waals surface area contributed by atoms with Gasteiger partial charge in [-0.05, 0) is 37.3 Å². The molecule has 1 aliphatic heterocycles. The van der Waals surface area contributed by atoms with Crippen molar-refractivity contribution >= 4 is 23.5 Å². The number of aldehydes is 1. The van der Waals surface area contributed by atoms with Gasteiger partial charge in [-0.2, -0.15) is 0 Å². The van der Waals surface area contributed by atoms with E-state index in [2.05, 4.69) is 4.98 Å². The highest BCUT2D eigenvalue weighted by Gasteiger charge is 2.29. The number of hydrogen-bond donors (Lipinski definition) is 0. The number of hydrogen-bond acceptors (Lipinski definition) is 4. The van der Waals surface area contributed by atoms with Crippen LogP contribution in [0.15, 0.2) is 42.6 Å². The molecule has 24 heavy (non-hydrogen) atoms. The molecule has 0 radical (unpaired) electrons. The second-order valence-electron chi connectivity index (χ2n) is 5.73. The summed E-state index contributed by atoms with van der Waals surface area (Å²) in [6.45, 7) is 1.72. The van der Waals surface area contributed by atoms with E-state index in [0.717, 1.165) is 11.8 Å². The van der Waals surface area contributed by atoms with Crippen LogP contribution in [0, 0.1) is 0 Å². The summed E-state index contributed by atoms with van der Waals surface area (Å²) in [5, 5.41) is 0. The van der Waals surface area contributed by atoms with Gasteiger partial charge < -0.3 is 9.64 Å². The van der Waals surface area contributed by atoms with E-state index in [1.165, 1.54) is 0 Å². The molecule has 0 saturated carbocycles. The first-order chi connectivity index (χ1) is 11.6. The van der Waals surface area contributed by atoms with Crippen molar-refractivity contribution in [1.29, 1.82) is 0 Å². The number of pyridine rings is 1. The number of carbonyl (C=O) groups excluding carboxylic acids is 2. The van der Waals surface area contributed by atoms with E-state index < -0.39 is 6.10 Å². The summed E-state index contributed by atoms with van der Waals surface area (Å²) >= 11 is 0. The molecule has 0 spiro atoms. The number of nitrogens with zero attached hydrogens (tertiary/aromatic N) is 3. The molecule has 3 aromatic rings. The number of ether oxygens (including phenoxy) is 1. The fraction of sp³-hybridized carbons (Fsp3) is 0.167. The van der Waals surface area contributed by atoms with Crippen LogP contribution in [-0.4, -0.2) is 34.7 Å². The highest BCUT2D eigenvalue weighted by molar-refractivity contribution is 6.00. The molecule has 1 amide bonds. The van der Waals surface area contributed by atoms with E-state index in [9.17, 15) is 9.59 Å². The zero-order valence-corrected chi connectivity index (χ0v) is 13.3. The van der Waals surface area contributed by atoms with Gasteiger partial charge in [0.2, 0.25) is 0 Å². The minimum absolute atomic E-state index is 0.106. The maximum absolute atomic E-state index is 12.1. The van der Waals surface area contributed by atoms with E-state index in [0.29, 0.717) is 28.5 Å². The first kappa shape index (κ1) is 14.4. The van der Waals surface area contributed by atoms with Gasteiger partial charge in [-0.15, -0.1) is 0 Å². The van der Waals surface area contributed by atoms with Gasteiger partial charge >= 0.3 is 0 Å². The maximum Gasteiger partial charge on any atom is 0.267 e. The van der Waals surface area contributed by atoms with Crippen LogP contribution < -0.4 is 9.64 Å². The summed E-state index contributed by atoms with van der Waals surface area (Å²) in [5.74, 6) is 0.537. The average molecular weight is 321 g/mol. The van der Waals surface area contributed by atoms with Crippen molar-refractivity contribution in [2.24, 2.45) is 0 Å². The Balaban J connectivity index is 1.90. The Bertz CT molecular complexity index is 977. The van der Waals surface area contributed by atoms with Crippen molar-refractivity contribution in [3.63, 3.8) is 0 Å². The molecule has 0 saturated heterocycles. The Hall–Kier alpha value is -3.15. The predicted octanol–water partition coefficient (Wildman–Crippen LogP) is 2.56. The fourth-order valence-electron chi connectivity index (χ4n) is 3.00. The van der Waals surface area contributed by atoms with E-state index >= 15 is 0 Å². The largest absolute Gasteiger partial charge is 0.479 e. The van der Waals surface area contributed by atoms with Gasteiger partial charge in [0.05, 0.1) is 5.69 Å². The standard InChI is InChI=1S/C18H15N3O3/c1-11-18(23)20(2)13-9-12(6-7-15(13)24-11)17-14(10-22)21-8-4-3-5-16(21)19-17/h3-11H,1-2H3. The molecule has 1 atom stereocenters. The van der Waals surface area contributed by atoms with Crippen LogP contribution in [0.3, 0.4) is 0 Å². The number of rotatable bonds is 2. The molecule has 0 aliphatic carbocycles. The molecule has 120 valence electrons. The van der Waals surface area contributed by atoms with Crippen molar-refractivity contribution in [2.75, 3.05) is 11.9 Å². The lowest BCUT2D eigenvalue weighted by molar-refractivity contribution is -0.125. The minimum atomic E-state index is -0.505. The third kappa shape index (κ3) is 2.00. The number of likely N-dealkylation sites (N-methyl/N-ethyl adjacent to an activating group) is 1. The number of carbonyl (C=O) groups is 2. The monoisotopic (exact) mass is 321 g/mol. The van der Waals surface area contributed by atoms with Crippen molar-refractivity contribution in [3.8, 4) is 17.0 Å². The third-order valence-electron chi connectivity index (χ3n) is 4.25. The highest BCUT2D eigenvalue weighted by Crippen LogP contribution is 2.37. The number of anilines is 1. The van der Waals surface area contributed by atoms with Crippen LogP contribution in [0.25, 0.3) is 16.9 Å². The SMILES string of the molecule is CC1Oc2ccc(-c3nc4ccccn4c3C=O)cc2N(C)C1=O. The topological polar surface area (TPSA) is 63.9 Å². The molecule has 6 heteroatoms. The van der Waals surface area contributed by atoms with E-state index in [1.807, 2.05) is 36.4 Å². The second kappa shape index (κ2) is 5.19. The molecule has 1 unspecified atom stereocenters. The summed E-state index contributed by atoms with van der Waals surface area (Å²) in [7, 11) is 1.72. The van der Waals surface area contributed by atoms with Gasteiger partial charge in [0.15, 0.2) is 12.4 Å². The lowest BCUT2D eigenvalue weighted by Crippen LogP contribution is -2.41. The summed E-state index contributed by atoms with van der Waals surface area (Å²) in [6, 6.07) is 11.0. The Morgan fingerprint density at radius 3 is 2.88 bits per heavy atom. The van der Waals surface area contributed by atoms with Gasteiger partial charge in [0.1, 0.15) is 22.8 Å². The van der Waals surface area contributed by atoms with Gasteiger partial charge in [-0.25, -0.2) is 4.98 Å². The molecular weight excluding hydrogens is 306 g/mol. The van der Waals surface area contributed by atoms with Crippen LogP contribution in [0.1, 0.15) is 17.4 Å². The smallest absolute Gasteiger partial charge is 0.267 e. The summed E-state index contributed by atoms with van der Waals surface area (Å²) in [6.07, 6.45) is 2.09. The summed E-state index contributed by atoms with van der Waals surface area (Å²) in [5.41, 5.74) is 3.19. The van der Waals surface area contributed by atoms with E-state index in [1.54, 1.807) is 29.5 Å². The molecule has 2 aromatic heterocycles. The molecule has 1 aromatic carbocycles. The molecule has 1 aliphatic rings. The quantitative estimate of drug-likeness (QED) is 0.681. The lowest BCUT2D eigenvalue weighted by atomic mass is 10.1. The van der Waals surface area contributed by atoms with Crippen LogP contribution in [0.2, 0.25) is 0 Å². The summed E-state index contributed by atoms with van der Waals surface area (Å²) < 4.78 is 7.38. The number of imidazole rings is 1. The van der Waals surface area contributed by atoms with Crippen LogP contribution in [0.4, 0.5) is 5.69 Å². The number of amides is 1. The maximum atomic E-state index is 12.1. The van der Waals surface area contributed by atoms with Crippen LogP contribution in [-0.2, 0) is 4.79 Å². The second-order valence-corrected chi connectivity index (χ2v) is 5.73. The molecule has 0 N–H and O–H groups in total. The first-order valence-corrected chi connectivity index (χ1v) is 7.61. The molecule has 6 nitrogen and oxygen atoms in total. The molecule has 0 fully saturated rings. The number of fused-ring (bicyclic) bond motifs is 2. The first-order valence-electron chi connectivity index (χ1n) is 7.61. The van der Waals surface area contributed by atoms with Gasteiger partial charge in [-0.1, -0.05) is 6.07 Å². The molecule has 0 bridgehead atoms. The van der Waals surface area contributed by atoms with Gasteiger partial charge in [0.25, 0.3) is 5.91 Å². The van der Waals surface area contributed by atoms with Crippen LogP contribution in [0.5, 0.6) is 5.75 Å². The Kier molecular flexibility index (Phi) is 3.13. The van der Waals surface area contributed by atoms with Gasteiger partial charge in [0, 0.05) is 18.8 Å². The van der Waals surface area contributed by atoms with Crippen molar-refractivity contribution in [2.45, 2.75) is 13.0 Å². The Labute approximate surface area is 138 Å². The predicted molar refractivity (Wildman–Crippen MR) is 89.5 cm³/mol. The third-order valence-corrected chi connectivity index (χ3v) is 4.25. The van der Waals surface area contributed by atoms with Crippen molar-refractivity contribution in [3.05, 3.63) is 48.3 Å². The summed E-state index contributed by atoms with van der Waals surface area (Å²) in [4.78, 5) is 29.8.